The first kappa shape index (κ1) is 9.93. The Labute approximate surface area is 84.8 Å². The standard InChI is InChI=1S/C10H19N3O/c11-9-2-5-13(6-3-9)10(14)8-1-4-12-7-8/h8-9,12H,1-7,11H2. The van der Waals surface area contributed by atoms with Gasteiger partial charge in [0.25, 0.3) is 0 Å². The summed E-state index contributed by atoms with van der Waals surface area (Å²) in [7, 11) is 0. The molecule has 3 N–H and O–H groups in total. The molecule has 2 aliphatic rings. The molecule has 0 saturated carbocycles. The maximum Gasteiger partial charge on any atom is 0.227 e. The third kappa shape index (κ3) is 2.07. The van der Waals surface area contributed by atoms with Gasteiger partial charge in [0.15, 0.2) is 0 Å². The molecule has 0 radical (unpaired) electrons. The summed E-state index contributed by atoms with van der Waals surface area (Å²) in [5.41, 5.74) is 5.80. The van der Waals surface area contributed by atoms with Crippen LogP contribution in [0.4, 0.5) is 0 Å². The van der Waals surface area contributed by atoms with Crippen molar-refractivity contribution in [2.75, 3.05) is 26.2 Å². The molecule has 4 heteroatoms. The van der Waals surface area contributed by atoms with E-state index in [0.717, 1.165) is 45.4 Å². The fourth-order valence-corrected chi connectivity index (χ4v) is 2.24. The summed E-state index contributed by atoms with van der Waals surface area (Å²) in [6.45, 7) is 3.57. The van der Waals surface area contributed by atoms with Crippen molar-refractivity contribution in [3.63, 3.8) is 0 Å². The van der Waals surface area contributed by atoms with Crippen LogP contribution in [0.25, 0.3) is 0 Å². The third-order valence-corrected chi connectivity index (χ3v) is 3.26. The normalized spacial score (nSPS) is 29.5. The van der Waals surface area contributed by atoms with Crippen LogP contribution in [0.15, 0.2) is 0 Å². The predicted octanol–water partition coefficient (Wildman–Crippen LogP) is -0.454. The van der Waals surface area contributed by atoms with E-state index in [2.05, 4.69) is 5.32 Å². The van der Waals surface area contributed by atoms with Gasteiger partial charge in [-0.25, -0.2) is 0 Å². The molecule has 0 aliphatic carbocycles. The monoisotopic (exact) mass is 197 g/mol. The SMILES string of the molecule is NC1CCN(C(=O)C2CCNC2)CC1. The first-order chi connectivity index (χ1) is 6.77. The summed E-state index contributed by atoms with van der Waals surface area (Å²) < 4.78 is 0. The van der Waals surface area contributed by atoms with Gasteiger partial charge in [0.05, 0.1) is 5.92 Å². The lowest BCUT2D eigenvalue weighted by molar-refractivity contribution is -0.135. The van der Waals surface area contributed by atoms with Gasteiger partial charge in [-0.1, -0.05) is 0 Å². The Hall–Kier alpha value is -0.610. The minimum absolute atomic E-state index is 0.226. The second-order valence-corrected chi connectivity index (χ2v) is 4.35. The Morgan fingerprint density at radius 3 is 2.57 bits per heavy atom. The Balaban J connectivity index is 1.85. The van der Waals surface area contributed by atoms with Crippen molar-refractivity contribution >= 4 is 5.91 Å². The summed E-state index contributed by atoms with van der Waals surface area (Å²) in [6, 6.07) is 0.306. The number of hydrogen-bond acceptors (Lipinski definition) is 3. The fraction of sp³-hybridized carbons (Fsp3) is 0.900. The van der Waals surface area contributed by atoms with Gasteiger partial charge >= 0.3 is 0 Å². The lowest BCUT2D eigenvalue weighted by Crippen LogP contribution is -2.45. The molecule has 14 heavy (non-hydrogen) atoms. The molecule has 2 aliphatic heterocycles. The van der Waals surface area contributed by atoms with E-state index >= 15 is 0 Å². The predicted molar refractivity (Wildman–Crippen MR) is 54.8 cm³/mol. The van der Waals surface area contributed by atoms with Crippen molar-refractivity contribution in [1.29, 1.82) is 0 Å². The highest BCUT2D eigenvalue weighted by molar-refractivity contribution is 5.79. The summed E-state index contributed by atoms with van der Waals surface area (Å²) in [6.07, 6.45) is 2.93. The molecule has 2 fully saturated rings. The van der Waals surface area contributed by atoms with E-state index in [1.807, 2.05) is 4.90 Å². The molecule has 0 aromatic carbocycles. The second kappa shape index (κ2) is 4.28. The summed E-state index contributed by atoms with van der Waals surface area (Å²) >= 11 is 0. The molecule has 0 aromatic rings. The average Bonchev–Trinajstić information content (AvgIpc) is 2.71. The zero-order valence-electron chi connectivity index (χ0n) is 8.54. The highest BCUT2D eigenvalue weighted by Crippen LogP contribution is 2.15. The van der Waals surface area contributed by atoms with Crippen LogP contribution in [0, 0.1) is 5.92 Å². The van der Waals surface area contributed by atoms with Crippen LogP contribution in [-0.2, 0) is 4.79 Å². The maximum absolute atomic E-state index is 12.0. The Morgan fingerprint density at radius 1 is 1.29 bits per heavy atom. The number of nitrogens with one attached hydrogen (secondary N) is 1. The molecular formula is C10H19N3O. The summed E-state index contributed by atoms with van der Waals surface area (Å²) in [4.78, 5) is 13.9. The molecule has 80 valence electrons. The van der Waals surface area contributed by atoms with Crippen LogP contribution < -0.4 is 11.1 Å². The fourth-order valence-electron chi connectivity index (χ4n) is 2.24. The minimum atomic E-state index is 0.226. The topological polar surface area (TPSA) is 58.4 Å². The van der Waals surface area contributed by atoms with Crippen LogP contribution in [0.2, 0.25) is 0 Å². The molecule has 1 atom stereocenters. The number of nitrogens with zero attached hydrogens (tertiary/aromatic N) is 1. The Bertz CT molecular complexity index is 205. The third-order valence-electron chi connectivity index (χ3n) is 3.26. The van der Waals surface area contributed by atoms with E-state index in [1.54, 1.807) is 0 Å². The van der Waals surface area contributed by atoms with Gasteiger partial charge < -0.3 is 16.0 Å². The number of nitrogens with two attached hydrogens (primary N) is 1. The van der Waals surface area contributed by atoms with Gasteiger partial charge in [0.2, 0.25) is 5.91 Å². The molecule has 0 aromatic heterocycles. The zero-order valence-corrected chi connectivity index (χ0v) is 8.54. The number of piperidine rings is 1. The average molecular weight is 197 g/mol. The lowest BCUT2D eigenvalue weighted by Gasteiger charge is -2.31. The number of rotatable bonds is 1. The number of likely N-dealkylation sites (tertiary alicyclic amines) is 1. The Morgan fingerprint density at radius 2 is 2.00 bits per heavy atom. The van der Waals surface area contributed by atoms with Crippen LogP contribution in [-0.4, -0.2) is 43.0 Å². The number of carbonyl (C=O) groups excluding carboxylic acids is 1. The second-order valence-electron chi connectivity index (χ2n) is 4.35. The molecule has 1 unspecified atom stereocenters. The van der Waals surface area contributed by atoms with E-state index in [0.29, 0.717) is 11.9 Å². The molecule has 2 heterocycles. The number of amides is 1. The molecule has 0 spiro atoms. The largest absolute Gasteiger partial charge is 0.342 e. The van der Waals surface area contributed by atoms with Gasteiger partial charge in [-0.05, 0) is 25.8 Å². The van der Waals surface area contributed by atoms with Gasteiger partial charge in [0.1, 0.15) is 0 Å². The highest BCUT2D eigenvalue weighted by Gasteiger charge is 2.28. The Kier molecular flexibility index (Phi) is 3.03. The molecular weight excluding hydrogens is 178 g/mol. The molecule has 2 saturated heterocycles. The van der Waals surface area contributed by atoms with Crippen LogP contribution in [0.3, 0.4) is 0 Å². The smallest absolute Gasteiger partial charge is 0.227 e. The molecule has 1 amide bonds. The van der Waals surface area contributed by atoms with Crippen LogP contribution >= 0.6 is 0 Å². The maximum atomic E-state index is 12.0. The molecule has 0 bridgehead atoms. The first-order valence-electron chi connectivity index (χ1n) is 5.52. The molecule has 2 rings (SSSR count). The minimum Gasteiger partial charge on any atom is -0.342 e. The number of hydrogen-bond donors (Lipinski definition) is 2. The van der Waals surface area contributed by atoms with Gasteiger partial charge in [-0.15, -0.1) is 0 Å². The van der Waals surface area contributed by atoms with E-state index in [4.69, 9.17) is 5.73 Å². The van der Waals surface area contributed by atoms with Crippen molar-refractivity contribution in [2.24, 2.45) is 11.7 Å². The number of carbonyl (C=O) groups is 1. The van der Waals surface area contributed by atoms with Crippen molar-refractivity contribution in [3.05, 3.63) is 0 Å². The van der Waals surface area contributed by atoms with Crippen molar-refractivity contribution in [2.45, 2.75) is 25.3 Å². The van der Waals surface area contributed by atoms with Crippen LogP contribution in [0.5, 0.6) is 0 Å². The quantitative estimate of drug-likeness (QED) is 0.598. The van der Waals surface area contributed by atoms with Gasteiger partial charge in [-0.3, -0.25) is 4.79 Å². The highest BCUT2D eigenvalue weighted by atomic mass is 16.2. The first-order valence-corrected chi connectivity index (χ1v) is 5.52. The van der Waals surface area contributed by atoms with Crippen LogP contribution in [0.1, 0.15) is 19.3 Å². The van der Waals surface area contributed by atoms with Crippen molar-refractivity contribution in [3.8, 4) is 0 Å². The molecule has 4 nitrogen and oxygen atoms in total. The van der Waals surface area contributed by atoms with E-state index in [1.165, 1.54) is 0 Å². The van der Waals surface area contributed by atoms with E-state index in [9.17, 15) is 4.79 Å². The van der Waals surface area contributed by atoms with E-state index in [-0.39, 0.29) is 5.92 Å². The summed E-state index contributed by atoms with van der Waals surface area (Å²) in [5, 5.41) is 3.23. The van der Waals surface area contributed by atoms with Gasteiger partial charge in [-0.2, -0.15) is 0 Å². The van der Waals surface area contributed by atoms with Gasteiger partial charge in [0, 0.05) is 25.7 Å². The lowest BCUT2D eigenvalue weighted by atomic mass is 10.0. The van der Waals surface area contributed by atoms with Crippen molar-refractivity contribution < 1.29 is 4.79 Å². The summed E-state index contributed by atoms with van der Waals surface area (Å²) in [5.74, 6) is 0.561. The van der Waals surface area contributed by atoms with E-state index < -0.39 is 0 Å². The van der Waals surface area contributed by atoms with Crippen molar-refractivity contribution in [1.82, 2.24) is 10.2 Å². The zero-order chi connectivity index (χ0) is 9.97.